The molecule has 108 valence electrons. The summed E-state index contributed by atoms with van der Waals surface area (Å²) in [6.45, 7) is 4.27. The van der Waals surface area contributed by atoms with Crippen molar-refractivity contribution >= 4 is 10.9 Å². The average molecular weight is 273 g/mol. The van der Waals surface area contributed by atoms with Crippen LogP contribution in [-0.2, 0) is 4.74 Å². The maximum absolute atomic E-state index is 6.33. The normalized spacial score (nSPS) is 23.1. The van der Waals surface area contributed by atoms with E-state index >= 15 is 0 Å². The number of methoxy groups -OCH3 is 1. The highest BCUT2D eigenvalue weighted by Gasteiger charge is 2.23. The summed E-state index contributed by atoms with van der Waals surface area (Å²) in [5.74, 6) is 1.05. The number of nitrogens with one attached hydrogen (secondary N) is 1. The molecule has 20 heavy (non-hydrogen) atoms. The number of hydrogen-bond acceptors (Lipinski definition) is 2. The van der Waals surface area contributed by atoms with Gasteiger partial charge >= 0.3 is 0 Å². The number of aromatic amines is 1. The van der Waals surface area contributed by atoms with E-state index in [-0.39, 0.29) is 0 Å². The highest BCUT2D eigenvalue weighted by molar-refractivity contribution is 5.89. The second-order valence-electron chi connectivity index (χ2n) is 5.86. The van der Waals surface area contributed by atoms with Gasteiger partial charge < -0.3 is 14.5 Å². The minimum absolute atomic E-state index is 0.320. The highest BCUT2D eigenvalue weighted by Crippen LogP contribution is 2.34. The molecule has 1 fully saturated rings. The first kappa shape index (κ1) is 13.5. The number of ether oxygens (including phenoxy) is 2. The van der Waals surface area contributed by atoms with Crippen LogP contribution >= 0.6 is 0 Å². The lowest BCUT2D eigenvalue weighted by atomic mass is 9.94. The van der Waals surface area contributed by atoms with Crippen LogP contribution in [0.15, 0.2) is 18.3 Å². The van der Waals surface area contributed by atoms with Crippen molar-refractivity contribution in [1.29, 1.82) is 0 Å². The monoisotopic (exact) mass is 273 g/mol. The number of rotatable bonds is 3. The number of H-pyrrole nitrogens is 1. The van der Waals surface area contributed by atoms with E-state index in [1.165, 1.54) is 22.0 Å². The van der Waals surface area contributed by atoms with Gasteiger partial charge in [0.25, 0.3) is 0 Å². The summed E-state index contributed by atoms with van der Waals surface area (Å²) in [7, 11) is 1.80. The molecule has 0 radical (unpaired) electrons. The van der Waals surface area contributed by atoms with E-state index in [9.17, 15) is 0 Å². The predicted molar refractivity (Wildman–Crippen MR) is 81.5 cm³/mol. The average Bonchev–Trinajstić information content (AvgIpc) is 2.94. The molecule has 3 rings (SSSR count). The van der Waals surface area contributed by atoms with Crippen molar-refractivity contribution in [3.05, 3.63) is 29.5 Å². The van der Waals surface area contributed by atoms with E-state index in [0.29, 0.717) is 12.2 Å². The molecule has 0 unspecified atom stereocenters. The smallest absolute Gasteiger partial charge is 0.132 e. The minimum Gasteiger partial charge on any atom is -0.489 e. The van der Waals surface area contributed by atoms with Gasteiger partial charge in [-0.3, -0.25) is 0 Å². The summed E-state index contributed by atoms with van der Waals surface area (Å²) in [4.78, 5) is 3.31. The Morgan fingerprint density at radius 3 is 2.45 bits per heavy atom. The van der Waals surface area contributed by atoms with Gasteiger partial charge in [0.15, 0.2) is 0 Å². The van der Waals surface area contributed by atoms with Crippen LogP contribution in [0.1, 0.15) is 36.8 Å². The Bertz CT molecular complexity index is 594. The third-order valence-electron chi connectivity index (χ3n) is 4.42. The second-order valence-corrected chi connectivity index (χ2v) is 5.86. The first-order valence-electron chi connectivity index (χ1n) is 7.45. The zero-order valence-corrected chi connectivity index (χ0v) is 12.5. The van der Waals surface area contributed by atoms with E-state index in [1.807, 2.05) is 6.20 Å². The number of fused-ring (bicyclic) bond motifs is 1. The Kier molecular flexibility index (Phi) is 3.70. The van der Waals surface area contributed by atoms with Crippen LogP contribution in [0.5, 0.6) is 5.75 Å². The second kappa shape index (κ2) is 5.49. The molecular formula is C17H23NO2. The molecule has 1 aliphatic rings. The van der Waals surface area contributed by atoms with Gasteiger partial charge in [0.05, 0.1) is 17.7 Å². The standard InChI is InChI=1S/C17H23NO2/c1-11-10-12(2)17(15-8-9-18-16(11)15)20-14-6-4-13(19-3)5-7-14/h8-10,13-14,18H,4-7H2,1-3H3. The summed E-state index contributed by atoms with van der Waals surface area (Å²) >= 11 is 0. The van der Waals surface area contributed by atoms with Crippen LogP contribution in [-0.4, -0.2) is 24.3 Å². The number of hydrogen-bond donors (Lipinski definition) is 1. The Balaban J connectivity index is 1.83. The molecule has 1 N–H and O–H groups in total. The molecule has 0 saturated heterocycles. The lowest BCUT2D eigenvalue weighted by Gasteiger charge is -2.29. The van der Waals surface area contributed by atoms with Crippen molar-refractivity contribution in [3.8, 4) is 5.75 Å². The Morgan fingerprint density at radius 1 is 1.05 bits per heavy atom. The highest BCUT2D eigenvalue weighted by atomic mass is 16.5. The molecule has 1 aromatic heterocycles. The van der Waals surface area contributed by atoms with Crippen molar-refractivity contribution in [3.63, 3.8) is 0 Å². The third kappa shape index (κ3) is 2.42. The first-order chi connectivity index (χ1) is 9.69. The summed E-state index contributed by atoms with van der Waals surface area (Å²) in [5.41, 5.74) is 3.69. The van der Waals surface area contributed by atoms with E-state index in [4.69, 9.17) is 9.47 Å². The summed E-state index contributed by atoms with van der Waals surface area (Å²) in [6.07, 6.45) is 7.09. The Labute approximate surface area is 120 Å². The van der Waals surface area contributed by atoms with Crippen LogP contribution < -0.4 is 4.74 Å². The van der Waals surface area contributed by atoms with Crippen LogP contribution in [0.3, 0.4) is 0 Å². The maximum Gasteiger partial charge on any atom is 0.132 e. The number of aryl methyl sites for hydroxylation is 2. The van der Waals surface area contributed by atoms with E-state index in [1.54, 1.807) is 7.11 Å². The van der Waals surface area contributed by atoms with Gasteiger partial charge in [-0.2, -0.15) is 0 Å². The van der Waals surface area contributed by atoms with Gasteiger partial charge in [-0.05, 0) is 56.7 Å². The molecule has 0 amide bonds. The van der Waals surface area contributed by atoms with Crippen LogP contribution in [0.25, 0.3) is 10.9 Å². The molecule has 0 aliphatic heterocycles. The van der Waals surface area contributed by atoms with Crippen molar-refractivity contribution in [2.24, 2.45) is 0 Å². The molecule has 1 heterocycles. The molecule has 0 spiro atoms. The SMILES string of the molecule is COC1CCC(Oc2c(C)cc(C)c3[nH]ccc23)CC1. The first-order valence-corrected chi connectivity index (χ1v) is 7.45. The van der Waals surface area contributed by atoms with Gasteiger partial charge in [0.2, 0.25) is 0 Å². The van der Waals surface area contributed by atoms with Gasteiger partial charge in [-0.1, -0.05) is 6.07 Å². The minimum atomic E-state index is 0.320. The van der Waals surface area contributed by atoms with Gasteiger partial charge in [-0.15, -0.1) is 0 Å². The van der Waals surface area contributed by atoms with Gasteiger partial charge in [0.1, 0.15) is 5.75 Å². The number of benzene rings is 1. The molecule has 0 bridgehead atoms. The van der Waals surface area contributed by atoms with Crippen LogP contribution in [0.4, 0.5) is 0 Å². The lowest BCUT2D eigenvalue weighted by Crippen LogP contribution is -2.27. The fourth-order valence-electron chi connectivity index (χ4n) is 3.27. The summed E-state index contributed by atoms with van der Waals surface area (Å²) in [5, 5.41) is 1.20. The molecule has 3 nitrogen and oxygen atoms in total. The fourth-order valence-corrected chi connectivity index (χ4v) is 3.27. The Hall–Kier alpha value is -1.48. The maximum atomic E-state index is 6.33. The quantitative estimate of drug-likeness (QED) is 0.912. The summed E-state index contributed by atoms with van der Waals surface area (Å²) in [6, 6.07) is 4.32. The van der Waals surface area contributed by atoms with Crippen LogP contribution in [0.2, 0.25) is 0 Å². The van der Waals surface area contributed by atoms with Crippen molar-refractivity contribution in [1.82, 2.24) is 4.98 Å². The van der Waals surface area contributed by atoms with Crippen molar-refractivity contribution in [2.45, 2.75) is 51.7 Å². The van der Waals surface area contributed by atoms with Gasteiger partial charge in [-0.25, -0.2) is 0 Å². The fraction of sp³-hybridized carbons (Fsp3) is 0.529. The summed E-state index contributed by atoms with van der Waals surface area (Å²) < 4.78 is 11.8. The zero-order valence-electron chi connectivity index (χ0n) is 12.5. The van der Waals surface area contributed by atoms with Crippen molar-refractivity contribution < 1.29 is 9.47 Å². The topological polar surface area (TPSA) is 34.2 Å². The van der Waals surface area contributed by atoms with Crippen LogP contribution in [0, 0.1) is 13.8 Å². The zero-order chi connectivity index (χ0) is 14.1. The lowest BCUT2D eigenvalue weighted by molar-refractivity contribution is 0.0330. The van der Waals surface area contributed by atoms with Crippen molar-refractivity contribution in [2.75, 3.05) is 7.11 Å². The molecule has 1 aromatic carbocycles. The third-order valence-corrected chi connectivity index (χ3v) is 4.42. The number of aromatic nitrogens is 1. The van der Waals surface area contributed by atoms with E-state index in [2.05, 4.69) is 31.0 Å². The predicted octanol–water partition coefficient (Wildman–Crippen LogP) is 4.12. The largest absolute Gasteiger partial charge is 0.489 e. The van der Waals surface area contributed by atoms with E-state index in [0.717, 1.165) is 31.4 Å². The Morgan fingerprint density at radius 2 is 1.75 bits per heavy atom. The molecule has 1 saturated carbocycles. The van der Waals surface area contributed by atoms with E-state index < -0.39 is 0 Å². The molecule has 3 heteroatoms. The molecular weight excluding hydrogens is 250 g/mol. The molecule has 0 atom stereocenters. The van der Waals surface area contributed by atoms with Gasteiger partial charge in [0, 0.05) is 18.7 Å². The molecule has 1 aliphatic carbocycles. The molecule has 2 aromatic rings.